The fourth-order valence-electron chi connectivity index (χ4n) is 3.98. The molecule has 0 aliphatic carbocycles. The van der Waals surface area contributed by atoms with Gasteiger partial charge in [-0.15, -0.1) is 0 Å². The highest BCUT2D eigenvalue weighted by atomic mass is 35.5. The van der Waals surface area contributed by atoms with Gasteiger partial charge in [0.15, 0.2) is 11.5 Å². The van der Waals surface area contributed by atoms with Gasteiger partial charge in [-0.1, -0.05) is 23.7 Å². The monoisotopic (exact) mass is 556 g/mol. The van der Waals surface area contributed by atoms with Crippen LogP contribution in [0.2, 0.25) is 5.02 Å². The number of nitrogens with one attached hydrogen (secondary N) is 3. The zero-order valence-corrected chi connectivity index (χ0v) is 22.9. The lowest BCUT2D eigenvalue weighted by molar-refractivity contribution is 0.258. The zero-order valence-electron chi connectivity index (χ0n) is 22.1. The van der Waals surface area contributed by atoms with E-state index in [0.717, 1.165) is 29.0 Å². The summed E-state index contributed by atoms with van der Waals surface area (Å²) in [6.07, 6.45) is 9.02. The number of ether oxygens (including phenoxy) is 1. The molecule has 0 bridgehead atoms. The predicted molar refractivity (Wildman–Crippen MR) is 158 cm³/mol. The number of hydrogen-bond donors (Lipinski definition) is 3. The van der Waals surface area contributed by atoms with Gasteiger partial charge >= 0.3 is 6.03 Å². The molecule has 204 valence electrons. The number of rotatable bonds is 10. The van der Waals surface area contributed by atoms with E-state index in [1.165, 1.54) is 0 Å². The lowest BCUT2D eigenvalue weighted by Crippen LogP contribution is -2.22. The van der Waals surface area contributed by atoms with Gasteiger partial charge in [0.1, 0.15) is 12.4 Å². The molecule has 3 heterocycles. The van der Waals surface area contributed by atoms with E-state index in [0.29, 0.717) is 41.1 Å². The average molecular weight is 557 g/mol. The normalized spacial score (nSPS) is 11.0. The number of anilines is 3. The lowest BCUT2D eigenvalue weighted by atomic mass is 10.1. The Morgan fingerprint density at radius 2 is 1.90 bits per heavy atom. The number of carbonyl (C=O) groups excluding carboxylic acids is 1. The molecule has 3 N–H and O–H groups in total. The maximum atomic E-state index is 12.9. The Balaban J connectivity index is 1.32. The Morgan fingerprint density at radius 3 is 2.73 bits per heavy atom. The van der Waals surface area contributed by atoms with Gasteiger partial charge in [-0.25, -0.2) is 14.8 Å². The van der Waals surface area contributed by atoms with Crippen molar-refractivity contribution < 1.29 is 9.53 Å². The molecule has 0 radical (unpaired) electrons. The van der Waals surface area contributed by atoms with Crippen LogP contribution in [0.5, 0.6) is 5.75 Å². The first-order valence-electron chi connectivity index (χ1n) is 12.7. The van der Waals surface area contributed by atoms with E-state index >= 15 is 0 Å². The highest BCUT2D eigenvalue weighted by molar-refractivity contribution is 6.31. The molecule has 2 aromatic carbocycles. The third kappa shape index (κ3) is 6.85. The molecule has 0 saturated heterocycles. The van der Waals surface area contributed by atoms with E-state index in [1.807, 2.05) is 72.2 Å². The van der Waals surface area contributed by atoms with Gasteiger partial charge < -0.3 is 30.0 Å². The Bertz CT molecular complexity index is 1610. The van der Waals surface area contributed by atoms with Crippen molar-refractivity contribution in [3.8, 4) is 17.0 Å². The number of benzene rings is 2. The van der Waals surface area contributed by atoms with Gasteiger partial charge in [0.05, 0.1) is 11.4 Å². The van der Waals surface area contributed by atoms with Gasteiger partial charge in [0.2, 0.25) is 0 Å². The van der Waals surface area contributed by atoms with E-state index < -0.39 is 6.03 Å². The minimum atomic E-state index is -0.422. The van der Waals surface area contributed by atoms with Crippen molar-refractivity contribution in [1.29, 1.82) is 0 Å². The summed E-state index contributed by atoms with van der Waals surface area (Å²) < 4.78 is 7.77. The van der Waals surface area contributed by atoms with E-state index in [4.69, 9.17) is 21.3 Å². The topological polar surface area (TPSA) is 109 Å². The minimum absolute atomic E-state index is 0.422. The van der Waals surface area contributed by atoms with Crippen molar-refractivity contribution in [1.82, 2.24) is 24.3 Å². The van der Waals surface area contributed by atoms with Gasteiger partial charge in [-0.05, 0) is 62.1 Å². The number of likely N-dealkylation sites (N-methyl/N-ethyl adjacent to an activating group) is 1. The number of imidazole rings is 1. The van der Waals surface area contributed by atoms with Crippen LogP contribution in [0, 0.1) is 0 Å². The summed E-state index contributed by atoms with van der Waals surface area (Å²) in [6.45, 7) is 1.79. The van der Waals surface area contributed by atoms with E-state index in [2.05, 4.69) is 25.9 Å². The summed E-state index contributed by atoms with van der Waals surface area (Å²) in [4.78, 5) is 28.3. The van der Waals surface area contributed by atoms with Crippen LogP contribution in [0.25, 0.3) is 16.9 Å². The second-order valence-corrected chi connectivity index (χ2v) is 9.73. The van der Waals surface area contributed by atoms with Crippen molar-refractivity contribution in [2.45, 2.75) is 6.54 Å². The lowest BCUT2D eigenvalue weighted by Gasteiger charge is -2.15. The molecule has 0 aliphatic heterocycles. The molecule has 0 fully saturated rings. The van der Waals surface area contributed by atoms with Crippen LogP contribution in [0.15, 0.2) is 85.6 Å². The Hall–Kier alpha value is -4.67. The molecule has 0 spiro atoms. The van der Waals surface area contributed by atoms with Crippen molar-refractivity contribution in [2.24, 2.45) is 0 Å². The number of fused-ring (bicyclic) bond motifs is 1. The number of halogens is 1. The summed E-state index contributed by atoms with van der Waals surface area (Å²) in [6, 6.07) is 16.1. The first-order valence-corrected chi connectivity index (χ1v) is 13.0. The molecule has 0 unspecified atom stereocenters. The number of hydrogen-bond acceptors (Lipinski definition) is 7. The maximum Gasteiger partial charge on any atom is 0.323 e. The van der Waals surface area contributed by atoms with Gasteiger partial charge in [0.25, 0.3) is 0 Å². The van der Waals surface area contributed by atoms with Crippen LogP contribution in [0.3, 0.4) is 0 Å². The molecule has 3 aromatic heterocycles. The van der Waals surface area contributed by atoms with Crippen molar-refractivity contribution in [3.05, 3.63) is 96.2 Å². The Labute approximate surface area is 237 Å². The first-order chi connectivity index (χ1) is 19.4. The fourth-order valence-corrected chi connectivity index (χ4v) is 4.15. The fraction of sp³-hybridized carbons (Fsp3) is 0.172. The number of amides is 2. The highest BCUT2D eigenvalue weighted by Crippen LogP contribution is 2.29. The zero-order chi connectivity index (χ0) is 27.9. The van der Waals surface area contributed by atoms with Crippen LogP contribution >= 0.6 is 11.6 Å². The van der Waals surface area contributed by atoms with Crippen LogP contribution in [-0.4, -0.2) is 57.5 Å². The molecule has 11 heteroatoms. The van der Waals surface area contributed by atoms with E-state index in [9.17, 15) is 4.79 Å². The highest BCUT2D eigenvalue weighted by Gasteiger charge is 2.12. The predicted octanol–water partition coefficient (Wildman–Crippen LogP) is 5.64. The van der Waals surface area contributed by atoms with Crippen LogP contribution in [-0.2, 0) is 6.54 Å². The molecular formula is C29H29ClN8O2. The SMILES string of the molecule is CN(C)CCOc1ccc(Cl)cc1NC(=O)Nc1cccc(-c2cn3ccnc3c(NCc3ccncc3)n2)c1. The molecule has 0 atom stereocenters. The third-order valence-corrected chi connectivity index (χ3v) is 6.22. The number of pyridine rings is 1. The number of nitrogens with zero attached hydrogens (tertiary/aromatic N) is 5. The summed E-state index contributed by atoms with van der Waals surface area (Å²) in [5.41, 5.74) is 4.43. The second kappa shape index (κ2) is 12.5. The van der Waals surface area contributed by atoms with Crippen LogP contribution < -0.4 is 20.7 Å². The minimum Gasteiger partial charge on any atom is -0.490 e. The van der Waals surface area contributed by atoms with E-state index in [1.54, 1.807) is 36.8 Å². The third-order valence-electron chi connectivity index (χ3n) is 5.99. The quantitative estimate of drug-likeness (QED) is 0.204. The molecule has 0 aliphatic rings. The van der Waals surface area contributed by atoms with Crippen LogP contribution in [0.4, 0.5) is 22.0 Å². The molecule has 0 saturated carbocycles. The largest absolute Gasteiger partial charge is 0.490 e. The van der Waals surface area contributed by atoms with Crippen LogP contribution in [0.1, 0.15) is 5.56 Å². The Morgan fingerprint density at radius 1 is 1.05 bits per heavy atom. The second-order valence-electron chi connectivity index (χ2n) is 9.29. The summed E-state index contributed by atoms with van der Waals surface area (Å²) in [5, 5.41) is 9.60. The summed E-state index contributed by atoms with van der Waals surface area (Å²) in [5.74, 6) is 1.19. The summed E-state index contributed by atoms with van der Waals surface area (Å²) in [7, 11) is 3.93. The number of urea groups is 1. The standard InChI is InChI=1S/C29H29ClN8O2/c1-37(2)14-15-40-26-7-6-22(30)17-24(26)36-29(39)34-23-5-3-4-21(16-23)25-19-38-13-12-32-28(38)27(35-25)33-18-20-8-10-31-11-9-20/h3-13,16-17,19H,14-15,18H2,1-2H3,(H,33,35)(H2,34,36,39). The molecular weight excluding hydrogens is 528 g/mol. The van der Waals surface area contributed by atoms with Crippen molar-refractivity contribution in [3.63, 3.8) is 0 Å². The smallest absolute Gasteiger partial charge is 0.323 e. The molecule has 40 heavy (non-hydrogen) atoms. The molecule has 10 nitrogen and oxygen atoms in total. The first kappa shape index (κ1) is 26.9. The number of aromatic nitrogens is 4. The van der Waals surface area contributed by atoms with E-state index in [-0.39, 0.29) is 0 Å². The van der Waals surface area contributed by atoms with Gasteiger partial charge in [-0.2, -0.15) is 0 Å². The van der Waals surface area contributed by atoms with Gasteiger partial charge in [0, 0.05) is 60.3 Å². The molecule has 2 amide bonds. The molecule has 5 aromatic rings. The average Bonchev–Trinajstić information content (AvgIpc) is 3.42. The van der Waals surface area contributed by atoms with Crippen molar-refractivity contribution >= 4 is 40.5 Å². The number of carbonyl (C=O) groups is 1. The van der Waals surface area contributed by atoms with Crippen molar-refractivity contribution in [2.75, 3.05) is 43.2 Å². The molecule has 5 rings (SSSR count). The Kier molecular flexibility index (Phi) is 8.38. The maximum absolute atomic E-state index is 12.9. The van der Waals surface area contributed by atoms with Gasteiger partial charge in [-0.3, -0.25) is 4.98 Å². The summed E-state index contributed by atoms with van der Waals surface area (Å²) >= 11 is 6.18.